The maximum Gasteiger partial charge on any atom is 0.171 e. The minimum atomic E-state index is -0.710. The van der Waals surface area contributed by atoms with Crippen LogP contribution in [0.1, 0.15) is 91.9 Å². The van der Waals surface area contributed by atoms with E-state index in [-0.39, 0.29) is 6.10 Å². The van der Waals surface area contributed by atoms with Crippen molar-refractivity contribution in [2.24, 2.45) is 46.3 Å². The Morgan fingerprint density at radius 3 is 2.35 bits per heavy atom. The lowest BCUT2D eigenvalue weighted by Crippen LogP contribution is -2.55. The molecule has 2 saturated heterocycles. The molecular formula is C27H44O4. The fourth-order valence-corrected chi connectivity index (χ4v) is 10.2. The van der Waals surface area contributed by atoms with Crippen LogP contribution in [0.5, 0.6) is 0 Å². The Hall–Kier alpha value is -0.160. The van der Waals surface area contributed by atoms with Crippen molar-refractivity contribution in [3.63, 3.8) is 0 Å². The molecule has 6 rings (SSSR count). The lowest BCUT2D eigenvalue weighted by molar-refractivity contribution is -0.294. The van der Waals surface area contributed by atoms with E-state index in [1.54, 1.807) is 0 Å². The van der Waals surface area contributed by atoms with Crippen molar-refractivity contribution in [2.45, 2.75) is 115 Å². The predicted molar refractivity (Wildman–Crippen MR) is 119 cm³/mol. The normalized spacial score (nSPS) is 63.3. The SMILES string of the molecule is C[C@H]1[C@H]2[C@H](C[C@H]3[C@@H]4CC[C@H]5C[C@@H](O)CC[C@]5(C)[C@H]4CC[C@]23C)O[C@@]12CC[C@](C)(O)CO2. The first-order valence-electron chi connectivity index (χ1n) is 13.3. The third-order valence-electron chi connectivity index (χ3n) is 11.9. The fourth-order valence-electron chi connectivity index (χ4n) is 10.2. The van der Waals surface area contributed by atoms with Crippen LogP contribution in [0.2, 0.25) is 0 Å². The molecule has 0 aromatic heterocycles. The monoisotopic (exact) mass is 432 g/mol. The molecule has 0 unspecified atom stereocenters. The molecule has 2 aliphatic heterocycles. The van der Waals surface area contributed by atoms with Crippen LogP contribution in [-0.2, 0) is 9.47 Å². The molecule has 12 atom stereocenters. The summed E-state index contributed by atoms with van der Waals surface area (Å²) in [5.74, 6) is 3.69. The third kappa shape index (κ3) is 2.87. The van der Waals surface area contributed by atoms with Gasteiger partial charge in [0.1, 0.15) is 0 Å². The molecule has 0 amide bonds. The minimum Gasteiger partial charge on any atom is -0.393 e. The molecule has 1 spiro atoms. The van der Waals surface area contributed by atoms with Gasteiger partial charge in [0.05, 0.1) is 24.4 Å². The van der Waals surface area contributed by atoms with Gasteiger partial charge in [-0.1, -0.05) is 20.8 Å². The maximum atomic E-state index is 10.4. The molecule has 6 aliphatic rings. The first kappa shape index (κ1) is 21.4. The molecule has 0 radical (unpaired) electrons. The first-order valence-corrected chi connectivity index (χ1v) is 13.3. The topological polar surface area (TPSA) is 58.9 Å². The summed E-state index contributed by atoms with van der Waals surface area (Å²) in [5.41, 5.74) is 0.0839. The summed E-state index contributed by atoms with van der Waals surface area (Å²) in [6.45, 7) is 9.84. The Labute approximate surface area is 188 Å². The van der Waals surface area contributed by atoms with E-state index in [0.29, 0.717) is 35.4 Å². The maximum absolute atomic E-state index is 10.4. The Bertz CT molecular complexity index is 725. The van der Waals surface area contributed by atoms with Crippen LogP contribution in [0.25, 0.3) is 0 Å². The van der Waals surface area contributed by atoms with Crippen molar-refractivity contribution in [2.75, 3.05) is 6.61 Å². The van der Waals surface area contributed by atoms with E-state index in [1.807, 2.05) is 6.92 Å². The summed E-state index contributed by atoms with van der Waals surface area (Å²) in [5, 5.41) is 20.7. The summed E-state index contributed by atoms with van der Waals surface area (Å²) >= 11 is 0. The minimum absolute atomic E-state index is 0.0592. The van der Waals surface area contributed by atoms with Crippen molar-refractivity contribution in [1.29, 1.82) is 0 Å². The van der Waals surface area contributed by atoms with Gasteiger partial charge in [0.15, 0.2) is 5.79 Å². The molecule has 0 aromatic rings. The Kier molecular flexibility index (Phi) is 4.62. The van der Waals surface area contributed by atoms with Crippen LogP contribution in [0, 0.1) is 46.3 Å². The summed E-state index contributed by atoms with van der Waals surface area (Å²) in [4.78, 5) is 0. The zero-order valence-electron chi connectivity index (χ0n) is 20.1. The van der Waals surface area contributed by atoms with Crippen LogP contribution in [0.15, 0.2) is 0 Å². The molecule has 0 aromatic carbocycles. The van der Waals surface area contributed by atoms with Gasteiger partial charge in [0.2, 0.25) is 0 Å². The standard InChI is InChI=1S/C27H44O4/c1-16-23-22(31-27(16)12-11-24(2,29)15-30-27)14-21-19-6-5-17-13-18(28)7-9-25(17,3)20(19)8-10-26(21,23)4/h16-23,28-29H,5-15H2,1-4H3/t16-,17-,18-,19+,20-,21-,22-,23-,24-,25-,26-,27-/m0/s1. The molecule has 0 bridgehead atoms. The molecule has 4 heteroatoms. The average molecular weight is 433 g/mol. The van der Waals surface area contributed by atoms with Crippen molar-refractivity contribution in [1.82, 2.24) is 0 Å². The summed E-state index contributed by atoms with van der Waals surface area (Å²) in [6.07, 6.45) is 11.7. The second kappa shape index (κ2) is 6.71. The molecule has 4 nitrogen and oxygen atoms in total. The number of ether oxygens (including phenoxy) is 2. The van der Waals surface area contributed by atoms with Crippen molar-refractivity contribution < 1.29 is 19.7 Å². The third-order valence-corrected chi connectivity index (χ3v) is 11.9. The lowest BCUT2D eigenvalue weighted by atomic mass is 9.44. The lowest BCUT2D eigenvalue weighted by Gasteiger charge is -2.61. The van der Waals surface area contributed by atoms with E-state index < -0.39 is 11.4 Å². The molecular weight excluding hydrogens is 388 g/mol. The smallest absolute Gasteiger partial charge is 0.171 e. The van der Waals surface area contributed by atoms with Gasteiger partial charge in [-0.15, -0.1) is 0 Å². The number of hydrogen-bond donors (Lipinski definition) is 2. The molecule has 6 fully saturated rings. The number of aliphatic hydroxyl groups is 2. The molecule has 31 heavy (non-hydrogen) atoms. The zero-order chi connectivity index (χ0) is 21.8. The van der Waals surface area contributed by atoms with E-state index in [9.17, 15) is 10.2 Å². The van der Waals surface area contributed by atoms with Crippen LogP contribution in [0.3, 0.4) is 0 Å². The van der Waals surface area contributed by atoms with Gasteiger partial charge in [-0.2, -0.15) is 0 Å². The van der Waals surface area contributed by atoms with Crippen LogP contribution >= 0.6 is 0 Å². The molecule has 2 heterocycles. The Morgan fingerprint density at radius 1 is 0.839 bits per heavy atom. The van der Waals surface area contributed by atoms with E-state index in [1.165, 1.54) is 38.5 Å². The number of hydrogen-bond acceptors (Lipinski definition) is 4. The predicted octanol–water partition coefficient (Wildman–Crippen LogP) is 4.91. The van der Waals surface area contributed by atoms with Gasteiger partial charge in [-0.25, -0.2) is 0 Å². The second-order valence-corrected chi connectivity index (χ2v) is 13.4. The number of fused-ring (bicyclic) bond motifs is 7. The van der Waals surface area contributed by atoms with Gasteiger partial charge in [-0.05, 0) is 105 Å². The summed E-state index contributed by atoms with van der Waals surface area (Å²) in [7, 11) is 0. The van der Waals surface area contributed by atoms with Gasteiger partial charge in [0, 0.05) is 12.3 Å². The van der Waals surface area contributed by atoms with Gasteiger partial charge in [0.25, 0.3) is 0 Å². The molecule has 176 valence electrons. The van der Waals surface area contributed by atoms with Crippen LogP contribution < -0.4 is 0 Å². The van der Waals surface area contributed by atoms with Crippen molar-refractivity contribution >= 4 is 0 Å². The summed E-state index contributed by atoms with van der Waals surface area (Å²) < 4.78 is 13.2. The molecule has 4 aliphatic carbocycles. The van der Waals surface area contributed by atoms with Crippen molar-refractivity contribution in [3.8, 4) is 0 Å². The largest absolute Gasteiger partial charge is 0.393 e. The second-order valence-electron chi connectivity index (χ2n) is 13.4. The Morgan fingerprint density at radius 2 is 1.61 bits per heavy atom. The van der Waals surface area contributed by atoms with Gasteiger partial charge >= 0.3 is 0 Å². The number of rotatable bonds is 0. The zero-order valence-corrected chi connectivity index (χ0v) is 20.1. The number of aliphatic hydroxyl groups excluding tert-OH is 1. The van der Waals surface area contributed by atoms with Crippen LogP contribution in [-0.4, -0.2) is 40.4 Å². The van der Waals surface area contributed by atoms with E-state index in [0.717, 1.165) is 49.4 Å². The highest BCUT2D eigenvalue weighted by Gasteiger charge is 2.69. The highest BCUT2D eigenvalue weighted by atomic mass is 16.7. The molecule has 2 N–H and O–H groups in total. The van der Waals surface area contributed by atoms with Crippen molar-refractivity contribution in [3.05, 3.63) is 0 Å². The van der Waals surface area contributed by atoms with E-state index in [4.69, 9.17) is 9.47 Å². The van der Waals surface area contributed by atoms with E-state index >= 15 is 0 Å². The van der Waals surface area contributed by atoms with Crippen LogP contribution in [0.4, 0.5) is 0 Å². The summed E-state index contributed by atoms with van der Waals surface area (Å²) in [6, 6.07) is 0. The quantitative estimate of drug-likeness (QED) is 0.571. The van der Waals surface area contributed by atoms with Gasteiger partial charge in [-0.3, -0.25) is 0 Å². The van der Waals surface area contributed by atoms with E-state index in [2.05, 4.69) is 20.8 Å². The highest BCUT2D eigenvalue weighted by molar-refractivity contribution is 5.15. The highest BCUT2D eigenvalue weighted by Crippen LogP contribution is 2.71. The average Bonchev–Trinajstić information content (AvgIpc) is 3.16. The van der Waals surface area contributed by atoms with Gasteiger partial charge < -0.3 is 19.7 Å². The fraction of sp³-hybridized carbons (Fsp3) is 1.00. The first-order chi connectivity index (χ1) is 14.6. The Balaban J connectivity index is 1.25. The molecule has 4 saturated carbocycles.